The topological polar surface area (TPSA) is 50.2 Å². The third kappa shape index (κ3) is 3.14. The van der Waals surface area contributed by atoms with E-state index >= 15 is 0 Å². The first kappa shape index (κ1) is 16.1. The van der Waals surface area contributed by atoms with Gasteiger partial charge in [-0.1, -0.05) is 18.2 Å². The van der Waals surface area contributed by atoms with Gasteiger partial charge < -0.3 is 14.8 Å². The second-order valence-electron chi connectivity index (χ2n) is 6.40. The summed E-state index contributed by atoms with van der Waals surface area (Å²) in [7, 11) is 0. The Balaban J connectivity index is 1.39. The Morgan fingerprint density at radius 3 is 3.04 bits per heavy atom. The fraction of sp³-hybridized carbons (Fsp3) is 0.368. The SMILES string of the molecule is Cc1nc2ccccc2n1CCNC(=O)N1CCC[C@@H]1c1cccs1. The van der Waals surface area contributed by atoms with Crippen molar-refractivity contribution in [2.45, 2.75) is 32.4 Å². The summed E-state index contributed by atoms with van der Waals surface area (Å²) in [6.07, 6.45) is 2.13. The third-order valence-corrected chi connectivity index (χ3v) is 5.82. The molecule has 0 radical (unpaired) electrons. The maximum absolute atomic E-state index is 12.6. The lowest BCUT2D eigenvalue weighted by molar-refractivity contribution is 0.193. The van der Waals surface area contributed by atoms with Gasteiger partial charge in [-0.25, -0.2) is 9.78 Å². The Kier molecular flexibility index (Phi) is 4.44. The number of imidazole rings is 1. The number of carbonyl (C=O) groups is 1. The van der Waals surface area contributed by atoms with Gasteiger partial charge >= 0.3 is 6.03 Å². The van der Waals surface area contributed by atoms with Crippen LogP contribution in [0.3, 0.4) is 0 Å². The number of nitrogens with one attached hydrogen (secondary N) is 1. The molecule has 0 unspecified atom stereocenters. The largest absolute Gasteiger partial charge is 0.336 e. The van der Waals surface area contributed by atoms with Gasteiger partial charge in [0.1, 0.15) is 5.82 Å². The van der Waals surface area contributed by atoms with Gasteiger partial charge in [0, 0.05) is 24.5 Å². The lowest BCUT2D eigenvalue weighted by Gasteiger charge is -2.24. The van der Waals surface area contributed by atoms with Crippen molar-refractivity contribution in [3.05, 3.63) is 52.5 Å². The number of nitrogens with zero attached hydrogens (tertiary/aromatic N) is 3. The summed E-state index contributed by atoms with van der Waals surface area (Å²) in [4.78, 5) is 20.5. The van der Waals surface area contributed by atoms with E-state index in [1.807, 2.05) is 30.0 Å². The molecule has 1 fully saturated rings. The Bertz CT molecular complexity index is 871. The van der Waals surface area contributed by atoms with E-state index in [1.165, 1.54) is 4.88 Å². The molecule has 25 heavy (non-hydrogen) atoms. The van der Waals surface area contributed by atoms with Crippen LogP contribution in [0.25, 0.3) is 11.0 Å². The molecule has 0 bridgehead atoms. The van der Waals surface area contributed by atoms with Crippen molar-refractivity contribution >= 4 is 28.4 Å². The molecule has 0 saturated carbocycles. The van der Waals surface area contributed by atoms with Gasteiger partial charge in [-0.05, 0) is 43.3 Å². The van der Waals surface area contributed by atoms with Gasteiger partial charge in [-0.15, -0.1) is 11.3 Å². The van der Waals surface area contributed by atoms with Crippen molar-refractivity contribution < 1.29 is 4.79 Å². The molecule has 1 aromatic carbocycles. The van der Waals surface area contributed by atoms with Gasteiger partial charge in [0.2, 0.25) is 0 Å². The minimum Gasteiger partial charge on any atom is -0.336 e. The molecule has 1 atom stereocenters. The molecule has 6 heteroatoms. The molecule has 4 rings (SSSR count). The van der Waals surface area contributed by atoms with Gasteiger partial charge in [-0.2, -0.15) is 0 Å². The van der Waals surface area contributed by atoms with Crippen molar-refractivity contribution in [2.75, 3.05) is 13.1 Å². The smallest absolute Gasteiger partial charge is 0.318 e. The van der Waals surface area contributed by atoms with Crippen LogP contribution in [0.15, 0.2) is 41.8 Å². The van der Waals surface area contributed by atoms with E-state index in [9.17, 15) is 4.79 Å². The number of amides is 2. The number of likely N-dealkylation sites (tertiary alicyclic amines) is 1. The van der Waals surface area contributed by atoms with Gasteiger partial charge in [-0.3, -0.25) is 0 Å². The quantitative estimate of drug-likeness (QED) is 0.771. The molecular formula is C19H22N4OS. The summed E-state index contributed by atoms with van der Waals surface area (Å²) in [5, 5.41) is 5.17. The molecular weight excluding hydrogens is 332 g/mol. The molecule has 2 aromatic heterocycles. The predicted molar refractivity (Wildman–Crippen MR) is 101 cm³/mol. The van der Waals surface area contributed by atoms with Crippen molar-refractivity contribution in [3.8, 4) is 0 Å². The van der Waals surface area contributed by atoms with E-state index < -0.39 is 0 Å². The van der Waals surface area contributed by atoms with Gasteiger partial charge in [0.05, 0.1) is 17.1 Å². The van der Waals surface area contributed by atoms with Crippen molar-refractivity contribution in [3.63, 3.8) is 0 Å². The minimum atomic E-state index is 0.0398. The summed E-state index contributed by atoms with van der Waals surface area (Å²) in [6, 6.07) is 12.6. The maximum atomic E-state index is 12.6. The Labute approximate surface area is 151 Å². The molecule has 3 aromatic rings. The molecule has 2 amide bonds. The number of urea groups is 1. The summed E-state index contributed by atoms with van der Waals surface area (Å²) in [6.45, 7) is 4.18. The van der Waals surface area contributed by atoms with Crippen molar-refractivity contribution in [1.29, 1.82) is 0 Å². The van der Waals surface area contributed by atoms with Gasteiger partial charge in [0.25, 0.3) is 0 Å². The highest BCUT2D eigenvalue weighted by atomic mass is 32.1. The van der Waals surface area contributed by atoms with Crippen LogP contribution in [0, 0.1) is 6.92 Å². The number of para-hydroxylation sites is 2. The number of aromatic nitrogens is 2. The zero-order valence-electron chi connectivity index (χ0n) is 14.3. The summed E-state index contributed by atoms with van der Waals surface area (Å²) in [5.41, 5.74) is 2.12. The normalized spacial score (nSPS) is 17.3. The van der Waals surface area contributed by atoms with Crippen LogP contribution in [0.4, 0.5) is 4.79 Å². The standard InChI is InChI=1S/C19H22N4OS/c1-14-21-15-6-2-3-7-16(15)22(14)12-10-20-19(24)23-11-4-8-17(23)18-9-5-13-25-18/h2-3,5-7,9,13,17H,4,8,10-12H2,1H3,(H,20,24)/t17-/m1/s1. The number of fused-ring (bicyclic) bond motifs is 1. The number of hydrogen-bond acceptors (Lipinski definition) is 3. The number of aryl methyl sites for hydroxylation is 1. The molecule has 1 N–H and O–H groups in total. The van der Waals surface area contributed by atoms with E-state index in [-0.39, 0.29) is 12.1 Å². The first-order chi connectivity index (χ1) is 12.2. The highest BCUT2D eigenvalue weighted by molar-refractivity contribution is 7.10. The number of carbonyl (C=O) groups excluding carboxylic acids is 1. The van der Waals surface area contributed by atoms with E-state index in [0.717, 1.165) is 42.8 Å². The fourth-order valence-electron chi connectivity index (χ4n) is 3.64. The zero-order valence-corrected chi connectivity index (χ0v) is 15.1. The van der Waals surface area contributed by atoms with E-state index in [4.69, 9.17) is 0 Å². The second kappa shape index (κ2) is 6.88. The summed E-state index contributed by atoms with van der Waals surface area (Å²) < 4.78 is 2.16. The highest BCUT2D eigenvalue weighted by Crippen LogP contribution is 2.34. The minimum absolute atomic E-state index is 0.0398. The number of rotatable bonds is 4. The molecule has 3 heterocycles. The van der Waals surface area contributed by atoms with E-state index in [1.54, 1.807) is 11.3 Å². The molecule has 1 saturated heterocycles. The summed E-state index contributed by atoms with van der Waals surface area (Å²) in [5.74, 6) is 0.980. The van der Waals surface area contributed by atoms with Crippen molar-refractivity contribution in [1.82, 2.24) is 19.8 Å². The molecule has 0 aliphatic carbocycles. The number of thiophene rings is 1. The first-order valence-electron chi connectivity index (χ1n) is 8.74. The molecule has 5 nitrogen and oxygen atoms in total. The lowest BCUT2D eigenvalue weighted by atomic mass is 10.2. The van der Waals surface area contributed by atoms with Crippen LogP contribution in [-0.4, -0.2) is 33.6 Å². The van der Waals surface area contributed by atoms with Crippen molar-refractivity contribution in [2.24, 2.45) is 0 Å². The fourth-order valence-corrected chi connectivity index (χ4v) is 4.51. The first-order valence-corrected chi connectivity index (χ1v) is 9.62. The number of hydrogen-bond donors (Lipinski definition) is 1. The summed E-state index contributed by atoms with van der Waals surface area (Å²) >= 11 is 1.73. The van der Waals surface area contributed by atoms with Gasteiger partial charge in [0.15, 0.2) is 0 Å². The maximum Gasteiger partial charge on any atom is 0.318 e. The zero-order chi connectivity index (χ0) is 17.2. The van der Waals surface area contributed by atoms with E-state index in [2.05, 4.69) is 38.4 Å². The average molecular weight is 354 g/mol. The Morgan fingerprint density at radius 1 is 1.32 bits per heavy atom. The average Bonchev–Trinajstić information content (AvgIpc) is 3.34. The van der Waals surface area contributed by atoms with Crippen LogP contribution in [0.1, 0.15) is 29.6 Å². The Morgan fingerprint density at radius 2 is 2.20 bits per heavy atom. The lowest BCUT2D eigenvalue weighted by Crippen LogP contribution is -2.40. The third-order valence-electron chi connectivity index (χ3n) is 4.84. The molecule has 1 aliphatic rings. The van der Waals surface area contributed by atoms with Crippen LogP contribution in [0.2, 0.25) is 0 Å². The monoisotopic (exact) mass is 354 g/mol. The number of benzene rings is 1. The second-order valence-corrected chi connectivity index (χ2v) is 7.38. The van der Waals surface area contributed by atoms with Crippen LogP contribution >= 0.6 is 11.3 Å². The predicted octanol–water partition coefficient (Wildman–Crippen LogP) is 3.95. The van der Waals surface area contributed by atoms with Crippen LogP contribution in [-0.2, 0) is 6.54 Å². The van der Waals surface area contributed by atoms with Crippen LogP contribution < -0.4 is 5.32 Å². The highest BCUT2D eigenvalue weighted by Gasteiger charge is 2.30. The molecule has 1 aliphatic heterocycles. The van der Waals surface area contributed by atoms with E-state index in [0.29, 0.717) is 6.54 Å². The molecule has 0 spiro atoms. The molecule has 130 valence electrons. The van der Waals surface area contributed by atoms with Crippen LogP contribution in [0.5, 0.6) is 0 Å². The Hall–Kier alpha value is -2.34.